The van der Waals surface area contributed by atoms with Gasteiger partial charge in [-0.25, -0.2) is 4.57 Å². The first-order valence-electron chi connectivity index (χ1n) is 8.88. The Kier molecular flexibility index (Phi) is 4.10. The first kappa shape index (κ1) is 17.5. The highest BCUT2D eigenvalue weighted by Gasteiger charge is 2.36. The first-order valence-corrected chi connectivity index (χ1v) is 8.88. The molecule has 0 saturated carbocycles. The average molecular weight is 366 g/mol. The molecule has 3 aromatic rings. The van der Waals surface area contributed by atoms with Crippen LogP contribution in [0.1, 0.15) is 24.0 Å². The van der Waals surface area contributed by atoms with Crippen LogP contribution in [0.25, 0.3) is 22.0 Å². The van der Waals surface area contributed by atoms with E-state index in [1.54, 1.807) is 28.4 Å². The second kappa shape index (κ2) is 6.34. The molecule has 1 unspecified atom stereocenters. The number of pyridine rings is 1. The molecule has 0 fully saturated rings. The van der Waals surface area contributed by atoms with Crippen LogP contribution in [0.2, 0.25) is 0 Å². The third kappa shape index (κ3) is 2.41. The number of methoxy groups -OCH3 is 4. The van der Waals surface area contributed by atoms with Crippen molar-refractivity contribution in [2.24, 2.45) is 7.05 Å². The van der Waals surface area contributed by atoms with E-state index < -0.39 is 0 Å². The van der Waals surface area contributed by atoms with Crippen molar-refractivity contribution in [3.8, 4) is 34.3 Å². The third-order valence-electron chi connectivity index (χ3n) is 5.50. The molecule has 1 atom stereocenters. The maximum Gasteiger partial charge on any atom is 0.217 e. The summed E-state index contributed by atoms with van der Waals surface area (Å²) in [5, 5.41) is 2.29. The molecule has 1 aliphatic carbocycles. The smallest absolute Gasteiger partial charge is 0.217 e. The molecule has 0 aliphatic heterocycles. The number of hydrogen-bond acceptors (Lipinski definition) is 4. The zero-order valence-corrected chi connectivity index (χ0v) is 16.5. The van der Waals surface area contributed by atoms with Crippen molar-refractivity contribution in [3.05, 3.63) is 41.6 Å². The summed E-state index contributed by atoms with van der Waals surface area (Å²) in [5.41, 5.74) is 4.88. The Balaban J connectivity index is 2.06. The van der Waals surface area contributed by atoms with Gasteiger partial charge in [-0.3, -0.25) is 0 Å². The minimum atomic E-state index is 0.225. The van der Waals surface area contributed by atoms with Crippen molar-refractivity contribution in [1.82, 2.24) is 0 Å². The lowest BCUT2D eigenvalue weighted by Crippen LogP contribution is -2.31. The van der Waals surface area contributed by atoms with Crippen molar-refractivity contribution < 1.29 is 23.5 Å². The Morgan fingerprint density at radius 3 is 1.96 bits per heavy atom. The molecular weight excluding hydrogens is 342 g/mol. The zero-order chi connectivity index (χ0) is 19.3. The van der Waals surface area contributed by atoms with Crippen molar-refractivity contribution in [3.63, 3.8) is 0 Å². The number of ether oxygens (including phenoxy) is 4. The van der Waals surface area contributed by atoms with E-state index in [1.807, 2.05) is 6.07 Å². The standard InChI is InChI=1S/C22H24NO4/c1-12-14-8-18(25-4)20(27-6)10-16(14)22-21(12)15-9-19(26-5)17(24-3)7-13(15)11-23(22)2/h7-12H,1-6H3/q+1. The molecular formula is C22H24NO4+. The fourth-order valence-electron chi connectivity index (χ4n) is 4.21. The topological polar surface area (TPSA) is 40.8 Å². The fraction of sp³-hybridized carbons (Fsp3) is 0.318. The molecule has 0 bridgehead atoms. The van der Waals surface area contributed by atoms with Crippen LogP contribution in [0, 0.1) is 0 Å². The van der Waals surface area contributed by atoms with Gasteiger partial charge in [-0.2, -0.15) is 0 Å². The Morgan fingerprint density at radius 2 is 1.33 bits per heavy atom. The highest BCUT2D eigenvalue weighted by Crippen LogP contribution is 2.50. The largest absolute Gasteiger partial charge is 0.493 e. The minimum Gasteiger partial charge on any atom is -0.493 e. The van der Waals surface area contributed by atoms with Gasteiger partial charge >= 0.3 is 0 Å². The van der Waals surface area contributed by atoms with Crippen LogP contribution >= 0.6 is 0 Å². The summed E-state index contributed by atoms with van der Waals surface area (Å²) in [5.74, 6) is 3.18. The molecule has 1 heterocycles. The summed E-state index contributed by atoms with van der Waals surface area (Å²) in [6, 6.07) is 8.27. The van der Waals surface area contributed by atoms with Crippen LogP contribution < -0.4 is 23.5 Å². The van der Waals surface area contributed by atoms with Crippen LogP contribution in [0.3, 0.4) is 0 Å². The molecule has 1 aliphatic rings. The number of fused-ring (bicyclic) bond motifs is 5. The van der Waals surface area contributed by atoms with Crippen molar-refractivity contribution in [1.29, 1.82) is 0 Å². The lowest BCUT2D eigenvalue weighted by Gasteiger charge is -2.13. The van der Waals surface area contributed by atoms with Crippen LogP contribution in [-0.4, -0.2) is 28.4 Å². The lowest BCUT2D eigenvalue weighted by atomic mass is 9.95. The third-order valence-corrected chi connectivity index (χ3v) is 5.50. The molecule has 0 N–H and O–H groups in total. The predicted molar refractivity (Wildman–Crippen MR) is 104 cm³/mol. The second-order valence-corrected chi connectivity index (χ2v) is 6.81. The molecule has 2 aromatic carbocycles. The van der Waals surface area contributed by atoms with Gasteiger partial charge in [0.15, 0.2) is 29.2 Å². The Morgan fingerprint density at radius 1 is 0.778 bits per heavy atom. The van der Waals surface area contributed by atoms with Crippen molar-refractivity contribution in [2.45, 2.75) is 12.8 Å². The van der Waals surface area contributed by atoms with E-state index in [4.69, 9.17) is 18.9 Å². The molecule has 5 nitrogen and oxygen atoms in total. The van der Waals surface area contributed by atoms with E-state index in [2.05, 4.69) is 42.9 Å². The number of benzene rings is 2. The Hall–Kier alpha value is -2.95. The van der Waals surface area contributed by atoms with E-state index in [-0.39, 0.29) is 5.92 Å². The maximum absolute atomic E-state index is 5.55. The zero-order valence-electron chi connectivity index (χ0n) is 16.5. The van der Waals surface area contributed by atoms with Gasteiger partial charge in [0.25, 0.3) is 0 Å². The summed E-state index contributed by atoms with van der Waals surface area (Å²) in [6.45, 7) is 2.23. The first-order chi connectivity index (χ1) is 13.0. The monoisotopic (exact) mass is 366 g/mol. The number of aryl methyl sites for hydroxylation is 1. The van der Waals surface area contributed by atoms with Crippen LogP contribution in [-0.2, 0) is 7.05 Å². The summed E-state index contributed by atoms with van der Waals surface area (Å²) < 4.78 is 24.3. The molecule has 1 aromatic heterocycles. The van der Waals surface area contributed by atoms with E-state index >= 15 is 0 Å². The molecule has 4 rings (SSSR count). The molecule has 0 saturated heterocycles. The number of nitrogens with zero attached hydrogens (tertiary/aromatic N) is 1. The van der Waals surface area contributed by atoms with Crippen LogP contribution in [0.4, 0.5) is 0 Å². The van der Waals surface area contributed by atoms with Gasteiger partial charge in [0.1, 0.15) is 7.05 Å². The predicted octanol–water partition coefficient (Wildman–Crippen LogP) is 3.83. The van der Waals surface area contributed by atoms with Crippen LogP contribution in [0.5, 0.6) is 23.0 Å². The lowest BCUT2D eigenvalue weighted by molar-refractivity contribution is -0.659. The van der Waals surface area contributed by atoms with Gasteiger partial charge in [-0.15, -0.1) is 0 Å². The van der Waals surface area contributed by atoms with Crippen molar-refractivity contribution >= 4 is 10.8 Å². The Labute approximate surface area is 159 Å². The molecule has 27 heavy (non-hydrogen) atoms. The van der Waals surface area contributed by atoms with Gasteiger partial charge in [-0.1, -0.05) is 6.92 Å². The van der Waals surface area contributed by atoms with E-state index in [9.17, 15) is 0 Å². The number of rotatable bonds is 4. The fourth-order valence-corrected chi connectivity index (χ4v) is 4.21. The van der Waals surface area contributed by atoms with Crippen molar-refractivity contribution in [2.75, 3.05) is 28.4 Å². The van der Waals surface area contributed by atoms with E-state index in [0.29, 0.717) is 0 Å². The molecule has 0 spiro atoms. The number of hydrogen-bond donors (Lipinski definition) is 0. The highest BCUT2D eigenvalue weighted by molar-refractivity contribution is 5.95. The van der Waals surface area contributed by atoms with Gasteiger partial charge in [-0.05, 0) is 29.8 Å². The van der Waals surface area contributed by atoms with Gasteiger partial charge in [0, 0.05) is 22.3 Å². The summed E-state index contributed by atoms with van der Waals surface area (Å²) in [6.07, 6.45) is 2.13. The van der Waals surface area contributed by atoms with Crippen LogP contribution in [0.15, 0.2) is 30.5 Å². The van der Waals surface area contributed by atoms with Gasteiger partial charge in [0.05, 0.1) is 34.0 Å². The minimum absolute atomic E-state index is 0.225. The SMILES string of the molecule is COc1cc2c(cc1OC)C(C)c1c-2[n+](C)cc2cc(OC)c(OC)cc12. The average Bonchev–Trinajstić information content (AvgIpc) is 2.98. The highest BCUT2D eigenvalue weighted by atomic mass is 16.5. The normalized spacial score (nSPS) is 14.7. The van der Waals surface area contributed by atoms with E-state index in [0.717, 1.165) is 28.4 Å². The summed E-state index contributed by atoms with van der Waals surface area (Å²) >= 11 is 0. The van der Waals surface area contributed by atoms with Gasteiger partial charge < -0.3 is 18.9 Å². The number of aromatic nitrogens is 1. The molecule has 0 amide bonds. The molecule has 140 valence electrons. The van der Waals surface area contributed by atoms with E-state index in [1.165, 1.54) is 27.8 Å². The maximum atomic E-state index is 5.55. The molecule has 5 heteroatoms. The van der Waals surface area contributed by atoms with Gasteiger partial charge in [0.2, 0.25) is 5.69 Å². The molecule has 0 radical (unpaired) electrons. The Bertz CT molecular complexity index is 1060. The second-order valence-electron chi connectivity index (χ2n) is 6.81. The summed E-state index contributed by atoms with van der Waals surface area (Å²) in [4.78, 5) is 0. The summed E-state index contributed by atoms with van der Waals surface area (Å²) in [7, 11) is 8.74. The quantitative estimate of drug-likeness (QED) is 0.658.